The van der Waals surface area contributed by atoms with Crippen molar-refractivity contribution in [1.82, 2.24) is 9.97 Å². The van der Waals surface area contributed by atoms with Crippen LogP contribution >= 0.6 is 0 Å². The lowest BCUT2D eigenvalue weighted by Gasteiger charge is -2.32. The Morgan fingerprint density at radius 3 is 2.54 bits per heavy atom. The van der Waals surface area contributed by atoms with Crippen LogP contribution in [0.15, 0.2) is 12.4 Å². The highest BCUT2D eigenvalue weighted by Gasteiger charge is 2.27. The monoisotopic (exact) mass is 392 g/mol. The predicted octanol–water partition coefficient (Wildman–Crippen LogP) is 3.16. The summed E-state index contributed by atoms with van der Waals surface area (Å²) < 4.78 is 10.9. The van der Waals surface area contributed by atoms with Crippen LogP contribution in [0.1, 0.15) is 47.0 Å². The minimum absolute atomic E-state index is 0.174. The molecule has 1 aromatic rings. The van der Waals surface area contributed by atoms with Gasteiger partial charge in [0.1, 0.15) is 17.4 Å². The lowest BCUT2D eigenvalue weighted by atomic mass is 9.85. The van der Waals surface area contributed by atoms with Crippen LogP contribution in [-0.2, 0) is 14.3 Å². The Kier molecular flexibility index (Phi) is 9.64. The maximum absolute atomic E-state index is 12.4. The second kappa shape index (κ2) is 12.0. The van der Waals surface area contributed by atoms with Gasteiger partial charge in [-0.3, -0.25) is 4.79 Å². The van der Waals surface area contributed by atoms with E-state index >= 15 is 0 Å². The van der Waals surface area contributed by atoms with E-state index in [0.717, 1.165) is 44.0 Å². The maximum atomic E-state index is 12.4. The molecular weight excluding hydrogens is 356 g/mol. The zero-order valence-electron chi connectivity index (χ0n) is 17.8. The number of rotatable bonds is 12. The van der Waals surface area contributed by atoms with E-state index in [9.17, 15) is 4.79 Å². The lowest BCUT2D eigenvalue weighted by Crippen LogP contribution is -2.38. The molecule has 1 aromatic heterocycles. The van der Waals surface area contributed by atoms with Gasteiger partial charge in [0.05, 0.1) is 38.3 Å². The third-order valence-electron chi connectivity index (χ3n) is 5.19. The van der Waals surface area contributed by atoms with Gasteiger partial charge in [0.15, 0.2) is 0 Å². The number of carbonyl (C=O) groups excluding carboxylic acids is 1. The summed E-state index contributed by atoms with van der Waals surface area (Å²) in [5.74, 6) is 2.42. The van der Waals surface area contributed by atoms with Crippen molar-refractivity contribution in [3.8, 4) is 0 Å². The van der Waals surface area contributed by atoms with E-state index < -0.39 is 0 Å². The van der Waals surface area contributed by atoms with Crippen molar-refractivity contribution in [1.29, 1.82) is 0 Å². The number of Topliss-reactive ketones (excluding diaryl/α,β-unsaturated/α-hetero) is 1. The van der Waals surface area contributed by atoms with E-state index in [0.29, 0.717) is 32.1 Å². The number of aromatic nitrogens is 2. The van der Waals surface area contributed by atoms with Gasteiger partial charge in [0.2, 0.25) is 0 Å². The van der Waals surface area contributed by atoms with Crippen molar-refractivity contribution in [2.24, 2.45) is 11.8 Å². The van der Waals surface area contributed by atoms with E-state index in [1.165, 1.54) is 0 Å². The molecule has 1 aliphatic heterocycles. The van der Waals surface area contributed by atoms with Crippen molar-refractivity contribution in [3.63, 3.8) is 0 Å². The van der Waals surface area contributed by atoms with Gasteiger partial charge >= 0.3 is 0 Å². The molecule has 1 N–H and O–H groups in total. The van der Waals surface area contributed by atoms with Crippen LogP contribution in [0.25, 0.3) is 0 Å². The van der Waals surface area contributed by atoms with Gasteiger partial charge in [-0.1, -0.05) is 13.8 Å². The molecular formula is C21H36N4O3. The third-order valence-corrected chi connectivity index (χ3v) is 5.19. The van der Waals surface area contributed by atoms with Crippen LogP contribution in [0.4, 0.5) is 11.6 Å². The number of ether oxygens (including phenoxy) is 2. The summed E-state index contributed by atoms with van der Waals surface area (Å²) in [6.45, 7) is 12.4. The molecule has 0 bridgehead atoms. The average Bonchev–Trinajstić information content (AvgIpc) is 2.72. The Balaban J connectivity index is 1.67. The van der Waals surface area contributed by atoms with Crippen molar-refractivity contribution < 1.29 is 14.3 Å². The van der Waals surface area contributed by atoms with E-state index in [2.05, 4.69) is 27.1 Å². The quantitative estimate of drug-likeness (QED) is 0.548. The van der Waals surface area contributed by atoms with Crippen molar-refractivity contribution in [3.05, 3.63) is 12.4 Å². The molecule has 0 spiro atoms. The molecule has 0 saturated carbocycles. The highest BCUT2D eigenvalue weighted by molar-refractivity contribution is 5.83. The van der Waals surface area contributed by atoms with Gasteiger partial charge in [-0.15, -0.1) is 0 Å². The Hall–Kier alpha value is -1.73. The van der Waals surface area contributed by atoms with Crippen LogP contribution in [0.3, 0.4) is 0 Å². The highest BCUT2D eigenvalue weighted by Crippen LogP contribution is 2.25. The summed E-state index contributed by atoms with van der Waals surface area (Å²) in [4.78, 5) is 23.5. The largest absolute Gasteiger partial charge is 0.377 e. The molecule has 2 rings (SSSR count). The molecule has 1 aliphatic rings. The number of carbonyl (C=O) groups is 1. The fourth-order valence-corrected chi connectivity index (χ4v) is 3.27. The first-order chi connectivity index (χ1) is 13.5. The number of piperidine rings is 1. The van der Waals surface area contributed by atoms with Gasteiger partial charge in [0.25, 0.3) is 0 Å². The minimum Gasteiger partial charge on any atom is -0.377 e. The zero-order chi connectivity index (χ0) is 20.4. The van der Waals surface area contributed by atoms with E-state index in [1.807, 2.05) is 20.8 Å². The molecule has 1 fully saturated rings. The Bertz CT molecular complexity index is 572. The number of hydrogen-bond donors (Lipinski definition) is 1. The summed E-state index contributed by atoms with van der Waals surface area (Å²) in [5, 5.41) is 3.21. The first-order valence-electron chi connectivity index (χ1n) is 10.5. The predicted molar refractivity (Wildman–Crippen MR) is 112 cm³/mol. The molecule has 1 unspecified atom stereocenters. The molecule has 1 saturated heterocycles. The Morgan fingerprint density at radius 2 is 1.93 bits per heavy atom. The molecule has 0 amide bonds. The Morgan fingerprint density at radius 1 is 1.18 bits per heavy atom. The van der Waals surface area contributed by atoms with Crippen LogP contribution < -0.4 is 10.2 Å². The highest BCUT2D eigenvalue weighted by atomic mass is 16.5. The topological polar surface area (TPSA) is 76.6 Å². The Labute approximate surface area is 169 Å². The summed E-state index contributed by atoms with van der Waals surface area (Å²) in [6, 6.07) is 0. The molecule has 7 nitrogen and oxygen atoms in total. The van der Waals surface area contributed by atoms with Crippen LogP contribution in [0.2, 0.25) is 0 Å². The molecule has 2 heterocycles. The average molecular weight is 393 g/mol. The van der Waals surface area contributed by atoms with E-state index in [4.69, 9.17) is 9.47 Å². The normalized spacial score (nSPS) is 16.4. The fourth-order valence-electron chi connectivity index (χ4n) is 3.27. The van der Waals surface area contributed by atoms with Crippen LogP contribution in [0.5, 0.6) is 0 Å². The van der Waals surface area contributed by atoms with Crippen molar-refractivity contribution in [2.45, 2.75) is 53.1 Å². The SMILES string of the molecule is CCC(C)C(=O)C1CCN(c2cnc(NCCOCCOC(C)C)cn2)CC1. The van der Waals surface area contributed by atoms with Crippen LogP contribution in [0, 0.1) is 11.8 Å². The summed E-state index contributed by atoms with van der Waals surface area (Å²) in [7, 11) is 0. The molecule has 0 aromatic carbocycles. The maximum Gasteiger partial charge on any atom is 0.147 e. The molecule has 7 heteroatoms. The number of nitrogens with one attached hydrogen (secondary N) is 1. The molecule has 1 atom stereocenters. The molecule has 0 radical (unpaired) electrons. The van der Waals surface area contributed by atoms with Gasteiger partial charge < -0.3 is 19.7 Å². The van der Waals surface area contributed by atoms with E-state index in [-0.39, 0.29) is 17.9 Å². The lowest BCUT2D eigenvalue weighted by molar-refractivity contribution is -0.127. The van der Waals surface area contributed by atoms with Gasteiger partial charge in [-0.25, -0.2) is 9.97 Å². The molecule has 158 valence electrons. The molecule has 28 heavy (non-hydrogen) atoms. The van der Waals surface area contributed by atoms with Gasteiger partial charge in [-0.2, -0.15) is 0 Å². The van der Waals surface area contributed by atoms with Gasteiger partial charge in [-0.05, 0) is 33.1 Å². The second-order valence-electron chi connectivity index (χ2n) is 7.69. The number of hydrogen-bond acceptors (Lipinski definition) is 7. The van der Waals surface area contributed by atoms with Crippen molar-refractivity contribution in [2.75, 3.05) is 49.7 Å². The second-order valence-corrected chi connectivity index (χ2v) is 7.69. The summed E-state index contributed by atoms with van der Waals surface area (Å²) >= 11 is 0. The first kappa shape index (κ1) is 22.6. The van der Waals surface area contributed by atoms with E-state index in [1.54, 1.807) is 12.4 Å². The summed E-state index contributed by atoms with van der Waals surface area (Å²) in [5.41, 5.74) is 0. The fraction of sp³-hybridized carbons (Fsp3) is 0.762. The third kappa shape index (κ3) is 7.36. The first-order valence-corrected chi connectivity index (χ1v) is 10.5. The molecule has 0 aliphatic carbocycles. The van der Waals surface area contributed by atoms with Crippen molar-refractivity contribution >= 4 is 17.4 Å². The number of ketones is 1. The smallest absolute Gasteiger partial charge is 0.147 e. The van der Waals surface area contributed by atoms with Gasteiger partial charge in [0, 0.05) is 31.5 Å². The number of anilines is 2. The zero-order valence-corrected chi connectivity index (χ0v) is 17.8. The van der Waals surface area contributed by atoms with Crippen LogP contribution in [-0.4, -0.2) is 61.3 Å². The summed E-state index contributed by atoms with van der Waals surface area (Å²) in [6.07, 6.45) is 6.53. The number of nitrogens with zero attached hydrogens (tertiary/aromatic N) is 3. The minimum atomic E-state index is 0.174. The standard InChI is InChI=1S/C21H36N4O3/c1-5-17(4)21(26)18-6-9-25(10-7-18)20-15-23-19(14-24-20)22-8-11-27-12-13-28-16(2)3/h14-18H,5-13H2,1-4H3,(H,22,23).